The van der Waals surface area contributed by atoms with Gasteiger partial charge in [0.1, 0.15) is 11.5 Å². The first-order valence-corrected chi connectivity index (χ1v) is 9.80. The molecule has 3 rings (SSSR count). The molecular weight excluding hydrogens is 366 g/mol. The van der Waals surface area contributed by atoms with E-state index in [1.807, 2.05) is 55.5 Å². The topological polar surface area (TPSA) is 67.6 Å². The first-order chi connectivity index (χ1) is 14.0. The number of benzene rings is 2. The number of nitrogens with zero attached hydrogens (tertiary/aromatic N) is 2. The summed E-state index contributed by atoms with van der Waals surface area (Å²) >= 11 is 0. The Morgan fingerprint density at radius 1 is 1.10 bits per heavy atom. The van der Waals surface area contributed by atoms with E-state index in [-0.39, 0.29) is 12.3 Å². The van der Waals surface area contributed by atoms with Crippen LogP contribution in [0.4, 0.5) is 11.4 Å². The molecule has 1 heterocycles. The van der Waals surface area contributed by atoms with Gasteiger partial charge in [-0.05, 0) is 57.2 Å². The highest BCUT2D eigenvalue weighted by Crippen LogP contribution is 2.30. The molecule has 29 heavy (non-hydrogen) atoms. The highest BCUT2D eigenvalue weighted by molar-refractivity contribution is 5.92. The molecule has 0 radical (unpaired) electrons. The summed E-state index contributed by atoms with van der Waals surface area (Å²) in [6, 6.07) is 15.4. The zero-order valence-electron chi connectivity index (χ0n) is 17.4. The maximum atomic E-state index is 12.5. The Kier molecular flexibility index (Phi) is 6.54. The number of carbonyl (C=O) groups excluding carboxylic acids is 1. The fraction of sp³-hybridized carbons (Fsp3) is 0.304. The van der Waals surface area contributed by atoms with Gasteiger partial charge in [0.15, 0.2) is 0 Å². The fourth-order valence-corrected chi connectivity index (χ4v) is 3.23. The van der Waals surface area contributed by atoms with Crippen LogP contribution in [0.1, 0.15) is 25.3 Å². The second kappa shape index (κ2) is 9.28. The number of para-hydroxylation sites is 1. The molecule has 1 N–H and O–H groups in total. The van der Waals surface area contributed by atoms with Crippen molar-refractivity contribution in [2.75, 3.05) is 30.4 Å². The Bertz CT molecular complexity index is 960. The summed E-state index contributed by atoms with van der Waals surface area (Å²) in [6.07, 6.45) is 0.141. The van der Waals surface area contributed by atoms with Crippen LogP contribution < -0.4 is 15.0 Å². The Morgan fingerprint density at radius 3 is 2.45 bits per heavy atom. The molecule has 0 aliphatic carbocycles. The Morgan fingerprint density at radius 2 is 1.79 bits per heavy atom. The number of rotatable bonds is 8. The van der Waals surface area contributed by atoms with E-state index < -0.39 is 0 Å². The van der Waals surface area contributed by atoms with E-state index in [0.717, 1.165) is 30.0 Å². The molecule has 6 heteroatoms. The lowest BCUT2D eigenvalue weighted by atomic mass is 10.2. The van der Waals surface area contributed by atoms with Crippen molar-refractivity contribution in [3.8, 4) is 17.2 Å². The van der Waals surface area contributed by atoms with Gasteiger partial charge in [-0.3, -0.25) is 4.79 Å². The minimum atomic E-state index is -0.136. The van der Waals surface area contributed by atoms with Crippen LogP contribution in [0.2, 0.25) is 0 Å². The summed E-state index contributed by atoms with van der Waals surface area (Å²) in [5.74, 6) is 1.62. The van der Waals surface area contributed by atoms with Gasteiger partial charge in [0.05, 0.1) is 24.8 Å². The predicted molar refractivity (Wildman–Crippen MR) is 116 cm³/mol. The van der Waals surface area contributed by atoms with Crippen molar-refractivity contribution in [2.24, 2.45) is 0 Å². The Balaban J connectivity index is 1.69. The second-order valence-corrected chi connectivity index (χ2v) is 6.67. The lowest BCUT2D eigenvalue weighted by Gasteiger charge is -2.21. The van der Waals surface area contributed by atoms with Crippen molar-refractivity contribution >= 4 is 17.3 Å². The second-order valence-electron chi connectivity index (χ2n) is 6.67. The average molecular weight is 393 g/mol. The number of ether oxygens (including phenoxy) is 1. The first kappa shape index (κ1) is 20.5. The lowest BCUT2D eigenvalue weighted by Crippen LogP contribution is -2.21. The van der Waals surface area contributed by atoms with Crippen molar-refractivity contribution in [1.82, 2.24) is 4.98 Å². The van der Waals surface area contributed by atoms with E-state index in [2.05, 4.69) is 29.0 Å². The molecule has 6 nitrogen and oxygen atoms in total. The maximum Gasteiger partial charge on any atom is 0.230 e. The van der Waals surface area contributed by atoms with Crippen LogP contribution in [-0.2, 0) is 11.2 Å². The molecule has 0 unspecified atom stereocenters. The van der Waals surface area contributed by atoms with Gasteiger partial charge in [-0.15, -0.1) is 0 Å². The van der Waals surface area contributed by atoms with Gasteiger partial charge in [-0.25, -0.2) is 4.98 Å². The van der Waals surface area contributed by atoms with E-state index >= 15 is 0 Å². The molecule has 0 aliphatic heterocycles. The number of amides is 1. The van der Waals surface area contributed by atoms with E-state index in [1.165, 1.54) is 0 Å². The van der Waals surface area contributed by atoms with Gasteiger partial charge < -0.3 is 19.4 Å². The van der Waals surface area contributed by atoms with Gasteiger partial charge in [-0.2, -0.15) is 0 Å². The maximum absolute atomic E-state index is 12.5. The summed E-state index contributed by atoms with van der Waals surface area (Å²) in [6.45, 7) is 7.95. The smallest absolute Gasteiger partial charge is 0.230 e. The van der Waals surface area contributed by atoms with Crippen molar-refractivity contribution in [1.29, 1.82) is 0 Å². The van der Waals surface area contributed by atoms with Crippen molar-refractivity contribution in [3.05, 3.63) is 60.0 Å². The molecule has 1 aromatic heterocycles. The molecule has 1 amide bonds. The van der Waals surface area contributed by atoms with Crippen LogP contribution in [0.3, 0.4) is 0 Å². The molecular formula is C23H27N3O3. The number of nitrogens with one attached hydrogen (secondary N) is 1. The first-order valence-electron chi connectivity index (χ1n) is 9.80. The fourth-order valence-electron chi connectivity index (χ4n) is 3.23. The third-order valence-electron chi connectivity index (χ3n) is 4.84. The number of methoxy groups -OCH3 is 1. The quantitative estimate of drug-likeness (QED) is 0.601. The van der Waals surface area contributed by atoms with Crippen LogP contribution >= 0.6 is 0 Å². The van der Waals surface area contributed by atoms with Gasteiger partial charge in [0, 0.05) is 24.5 Å². The highest BCUT2D eigenvalue weighted by Gasteiger charge is 2.17. The summed E-state index contributed by atoms with van der Waals surface area (Å²) in [5.41, 5.74) is 3.28. The van der Waals surface area contributed by atoms with Crippen LogP contribution in [0.25, 0.3) is 11.5 Å². The number of aryl methyl sites for hydroxylation is 1. The van der Waals surface area contributed by atoms with Crippen molar-refractivity contribution in [2.45, 2.75) is 27.2 Å². The molecule has 3 aromatic rings. The van der Waals surface area contributed by atoms with Gasteiger partial charge >= 0.3 is 0 Å². The third kappa shape index (κ3) is 4.77. The molecule has 0 fully saturated rings. The zero-order valence-corrected chi connectivity index (χ0v) is 17.4. The standard InChI is InChI=1S/C23H27N3O3/c1-5-26(6-2)18-13-11-17(12-14-18)24-22(27)15-20-16(3)29-23(25-20)19-9-7-8-10-21(19)28-4/h7-14H,5-6,15H2,1-4H3,(H,24,27). The van der Waals surface area contributed by atoms with E-state index in [0.29, 0.717) is 23.1 Å². The number of oxazole rings is 1. The number of carbonyl (C=O) groups is 1. The molecule has 0 saturated heterocycles. The van der Waals surface area contributed by atoms with Crippen molar-refractivity contribution in [3.63, 3.8) is 0 Å². The monoisotopic (exact) mass is 393 g/mol. The molecule has 0 saturated carbocycles. The Labute approximate surface area is 171 Å². The molecule has 0 bridgehead atoms. The van der Waals surface area contributed by atoms with Gasteiger partial charge in [0.25, 0.3) is 0 Å². The van der Waals surface area contributed by atoms with Crippen LogP contribution in [-0.4, -0.2) is 31.1 Å². The minimum Gasteiger partial charge on any atom is -0.496 e. The molecule has 0 atom stereocenters. The van der Waals surface area contributed by atoms with Crippen molar-refractivity contribution < 1.29 is 13.9 Å². The third-order valence-corrected chi connectivity index (χ3v) is 4.84. The number of anilines is 2. The van der Waals surface area contributed by atoms with E-state index in [1.54, 1.807) is 7.11 Å². The number of hydrogen-bond acceptors (Lipinski definition) is 5. The summed E-state index contributed by atoms with van der Waals surface area (Å²) < 4.78 is 11.2. The average Bonchev–Trinajstić information content (AvgIpc) is 3.10. The zero-order chi connectivity index (χ0) is 20.8. The normalized spacial score (nSPS) is 10.6. The predicted octanol–water partition coefficient (Wildman–Crippen LogP) is 4.69. The summed E-state index contributed by atoms with van der Waals surface area (Å²) in [5, 5.41) is 2.93. The van der Waals surface area contributed by atoms with Crippen LogP contribution in [0.5, 0.6) is 5.75 Å². The summed E-state index contributed by atoms with van der Waals surface area (Å²) in [7, 11) is 1.61. The van der Waals surface area contributed by atoms with Gasteiger partial charge in [-0.1, -0.05) is 12.1 Å². The van der Waals surface area contributed by atoms with E-state index in [4.69, 9.17) is 9.15 Å². The lowest BCUT2D eigenvalue weighted by molar-refractivity contribution is -0.115. The van der Waals surface area contributed by atoms with E-state index in [9.17, 15) is 4.79 Å². The van der Waals surface area contributed by atoms with Crippen LogP contribution in [0.15, 0.2) is 52.9 Å². The van der Waals surface area contributed by atoms with Crippen LogP contribution in [0, 0.1) is 6.92 Å². The minimum absolute atomic E-state index is 0.136. The summed E-state index contributed by atoms with van der Waals surface area (Å²) in [4.78, 5) is 19.3. The Hall–Kier alpha value is -3.28. The molecule has 152 valence electrons. The highest BCUT2D eigenvalue weighted by atomic mass is 16.5. The number of hydrogen-bond donors (Lipinski definition) is 1. The number of aromatic nitrogens is 1. The molecule has 0 aliphatic rings. The molecule has 0 spiro atoms. The SMILES string of the molecule is CCN(CC)c1ccc(NC(=O)Cc2nc(-c3ccccc3OC)oc2C)cc1. The largest absolute Gasteiger partial charge is 0.496 e. The van der Waals surface area contributed by atoms with Gasteiger partial charge in [0.2, 0.25) is 11.8 Å². The molecule has 2 aromatic carbocycles.